The van der Waals surface area contributed by atoms with E-state index in [0.29, 0.717) is 11.6 Å². The Morgan fingerprint density at radius 3 is 3.12 bits per heavy atom. The molecule has 1 aliphatic carbocycles. The number of pyridine rings is 1. The molecule has 0 amide bonds. The van der Waals surface area contributed by atoms with E-state index < -0.39 is 0 Å². The van der Waals surface area contributed by atoms with Gasteiger partial charge in [-0.25, -0.2) is 4.98 Å². The third kappa shape index (κ3) is 2.71. The second-order valence-corrected chi connectivity index (χ2v) is 4.26. The molecule has 1 saturated carbocycles. The number of hydrogen-bond acceptors (Lipinski definition) is 4. The Balaban J connectivity index is 1.87. The molecule has 0 saturated heterocycles. The summed E-state index contributed by atoms with van der Waals surface area (Å²) in [6.07, 6.45) is 4.36. The molecule has 0 aromatic carbocycles. The lowest BCUT2D eigenvalue weighted by atomic mass is 10.1. The van der Waals surface area contributed by atoms with Crippen LogP contribution in [0.25, 0.3) is 0 Å². The van der Waals surface area contributed by atoms with E-state index in [-0.39, 0.29) is 6.10 Å². The van der Waals surface area contributed by atoms with Gasteiger partial charge in [-0.3, -0.25) is 0 Å². The predicted molar refractivity (Wildman–Crippen MR) is 60.8 cm³/mol. The van der Waals surface area contributed by atoms with E-state index in [1.807, 2.05) is 12.1 Å². The Morgan fingerprint density at radius 2 is 2.44 bits per heavy atom. The van der Waals surface area contributed by atoms with Crippen LogP contribution in [0.5, 0.6) is 0 Å². The van der Waals surface area contributed by atoms with E-state index in [1.54, 1.807) is 12.3 Å². The first-order valence-electron chi connectivity index (χ1n) is 5.56. The SMILES string of the molecule is N#Cc1cc(NCC2CCC(O)C2)ccn1. The van der Waals surface area contributed by atoms with E-state index in [0.717, 1.165) is 31.5 Å². The lowest BCUT2D eigenvalue weighted by Gasteiger charge is -2.11. The highest BCUT2D eigenvalue weighted by atomic mass is 16.3. The smallest absolute Gasteiger partial charge is 0.142 e. The van der Waals surface area contributed by atoms with Gasteiger partial charge in [0, 0.05) is 18.4 Å². The standard InChI is InChI=1S/C12H15N3O/c13-7-11-6-10(3-4-14-11)15-8-9-1-2-12(16)5-9/h3-4,6,9,12,16H,1-2,5,8H2,(H,14,15). The molecule has 2 unspecified atom stereocenters. The minimum absolute atomic E-state index is 0.126. The Kier molecular flexibility index (Phi) is 3.37. The zero-order valence-electron chi connectivity index (χ0n) is 9.06. The molecular weight excluding hydrogens is 202 g/mol. The monoisotopic (exact) mass is 217 g/mol. The fraction of sp³-hybridized carbons (Fsp3) is 0.500. The van der Waals surface area contributed by atoms with Gasteiger partial charge in [-0.2, -0.15) is 5.26 Å². The van der Waals surface area contributed by atoms with Crippen molar-refractivity contribution in [3.63, 3.8) is 0 Å². The van der Waals surface area contributed by atoms with Crippen molar-refractivity contribution in [2.75, 3.05) is 11.9 Å². The molecule has 2 N–H and O–H groups in total. The van der Waals surface area contributed by atoms with Gasteiger partial charge in [0.15, 0.2) is 0 Å². The van der Waals surface area contributed by atoms with Crippen molar-refractivity contribution in [1.82, 2.24) is 4.98 Å². The summed E-state index contributed by atoms with van der Waals surface area (Å²) in [6.45, 7) is 0.853. The van der Waals surface area contributed by atoms with Gasteiger partial charge in [0.1, 0.15) is 11.8 Å². The summed E-state index contributed by atoms with van der Waals surface area (Å²) < 4.78 is 0. The fourth-order valence-corrected chi connectivity index (χ4v) is 2.10. The van der Waals surface area contributed by atoms with Crippen LogP contribution in [-0.2, 0) is 0 Å². The minimum atomic E-state index is -0.126. The molecule has 1 aromatic heterocycles. The van der Waals surface area contributed by atoms with Crippen LogP contribution in [0.3, 0.4) is 0 Å². The van der Waals surface area contributed by atoms with Crippen molar-refractivity contribution in [1.29, 1.82) is 5.26 Å². The third-order valence-electron chi connectivity index (χ3n) is 2.98. The Hall–Kier alpha value is -1.60. The van der Waals surface area contributed by atoms with Crippen LogP contribution in [0.4, 0.5) is 5.69 Å². The second-order valence-electron chi connectivity index (χ2n) is 4.26. The van der Waals surface area contributed by atoms with Crippen molar-refractivity contribution in [3.05, 3.63) is 24.0 Å². The van der Waals surface area contributed by atoms with Crippen molar-refractivity contribution < 1.29 is 5.11 Å². The maximum absolute atomic E-state index is 9.40. The molecule has 1 aliphatic rings. The van der Waals surface area contributed by atoms with Crippen molar-refractivity contribution in [2.24, 2.45) is 5.92 Å². The molecule has 2 rings (SSSR count). The quantitative estimate of drug-likeness (QED) is 0.805. The summed E-state index contributed by atoms with van der Waals surface area (Å²) in [5.41, 5.74) is 1.35. The highest BCUT2D eigenvalue weighted by Gasteiger charge is 2.22. The Morgan fingerprint density at radius 1 is 1.56 bits per heavy atom. The highest BCUT2D eigenvalue weighted by molar-refractivity contribution is 5.45. The number of nitrogens with zero attached hydrogens (tertiary/aromatic N) is 2. The summed E-state index contributed by atoms with van der Waals surface area (Å²) in [5, 5.41) is 21.4. The lowest BCUT2D eigenvalue weighted by molar-refractivity contribution is 0.178. The summed E-state index contributed by atoms with van der Waals surface area (Å²) in [7, 11) is 0. The zero-order chi connectivity index (χ0) is 11.4. The number of aliphatic hydroxyl groups is 1. The molecule has 0 radical (unpaired) electrons. The summed E-state index contributed by atoms with van der Waals surface area (Å²) in [4.78, 5) is 3.91. The van der Waals surface area contributed by atoms with Gasteiger partial charge in [-0.1, -0.05) is 0 Å². The van der Waals surface area contributed by atoms with E-state index >= 15 is 0 Å². The van der Waals surface area contributed by atoms with E-state index in [1.165, 1.54) is 0 Å². The molecular formula is C12H15N3O. The Bertz CT molecular complexity index is 399. The summed E-state index contributed by atoms with van der Waals surface area (Å²) in [5.74, 6) is 0.536. The first-order chi connectivity index (χ1) is 7.78. The number of nitrogens with one attached hydrogen (secondary N) is 1. The number of hydrogen-bond donors (Lipinski definition) is 2. The number of aliphatic hydroxyl groups excluding tert-OH is 1. The van der Waals surface area contributed by atoms with E-state index in [2.05, 4.69) is 10.3 Å². The zero-order valence-corrected chi connectivity index (χ0v) is 9.06. The van der Waals surface area contributed by atoms with Gasteiger partial charge in [0.2, 0.25) is 0 Å². The fourth-order valence-electron chi connectivity index (χ4n) is 2.10. The molecule has 4 nitrogen and oxygen atoms in total. The van der Waals surface area contributed by atoms with Crippen molar-refractivity contribution in [2.45, 2.75) is 25.4 Å². The number of aromatic nitrogens is 1. The van der Waals surface area contributed by atoms with Gasteiger partial charge in [-0.05, 0) is 37.3 Å². The van der Waals surface area contributed by atoms with Gasteiger partial charge in [0.25, 0.3) is 0 Å². The van der Waals surface area contributed by atoms with Gasteiger partial charge < -0.3 is 10.4 Å². The van der Waals surface area contributed by atoms with Crippen LogP contribution in [-0.4, -0.2) is 22.7 Å². The molecule has 0 spiro atoms. The van der Waals surface area contributed by atoms with Crippen LogP contribution in [0, 0.1) is 17.2 Å². The average molecular weight is 217 g/mol. The van der Waals surface area contributed by atoms with Gasteiger partial charge in [0.05, 0.1) is 6.10 Å². The highest BCUT2D eigenvalue weighted by Crippen LogP contribution is 2.25. The largest absolute Gasteiger partial charge is 0.393 e. The molecule has 2 atom stereocenters. The van der Waals surface area contributed by atoms with Crippen LogP contribution >= 0.6 is 0 Å². The van der Waals surface area contributed by atoms with Crippen molar-refractivity contribution >= 4 is 5.69 Å². The van der Waals surface area contributed by atoms with E-state index in [4.69, 9.17) is 5.26 Å². The topological polar surface area (TPSA) is 68.9 Å². The molecule has 4 heteroatoms. The van der Waals surface area contributed by atoms with E-state index in [9.17, 15) is 5.11 Å². The summed E-state index contributed by atoms with van der Waals surface area (Å²) in [6, 6.07) is 5.61. The predicted octanol–water partition coefficient (Wildman–Crippen LogP) is 1.53. The number of rotatable bonds is 3. The van der Waals surface area contributed by atoms with Crippen molar-refractivity contribution in [3.8, 4) is 6.07 Å². The van der Waals surface area contributed by atoms with Crippen LogP contribution in [0.2, 0.25) is 0 Å². The number of nitriles is 1. The first-order valence-corrected chi connectivity index (χ1v) is 5.56. The van der Waals surface area contributed by atoms with Gasteiger partial charge >= 0.3 is 0 Å². The molecule has 16 heavy (non-hydrogen) atoms. The van der Waals surface area contributed by atoms with Crippen LogP contribution in [0.1, 0.15) is 25.0 Å². The molecule has 84 valence electrons. The molecule has 1 fully saturated rings. The minimum Gasteiger partial charge on any atom is -0.393 e. The van der Waals surface area contributed by atoms with Crippen LogP contribution < -0.4 is 5.32 Å². The first kappa shape index (κ1) is 10.9. The average Bonchev–Trinajstić information content (AvgIpc) is 2.73. The second kappa shape index (κ2) is 4.95. The Labute approximate surface area is 94.9 Å². The third-order valence-corrected chi connectivity index (χ3v) is 2.98. The van der Waals surface area contributed by atoms with Gasteiger partial charge in [-0.15, -0.1) is 0 Å². The number of anilines is 1. The van der Waals surface area contributed by atoms with Crippen LogP contribution in [0.15, 0.2) is 18.3 Å². The normalized spacial score (nSPS) is 24.0. The molecule has 0 aliphatic heterocycles. The maximum atomic E-state index is 9.40. The summed E-state index contributed by atoms with van der Waals surface area (Å²) >= 11 is 0. The molecule has 1 heterocycles. The molecule has 0 bridgehead atoms. The maximum Gasteiger partial charge on any atom is 0.142 e. The lowest BCUT2D eigenvalue weighted by Crippen LogP contribution is -2.12. The molecule has 1 aromatic rings.